The highest BCUT2D eigenvalue weighted by Gasteiger charge is 2.10. The Morgan fingerprint density at radius 1 is 0.941 bits per heavy atom. The summed E-state index contributed by atoms with van der Waals surface area (Å²) in [7, 11) is 0. The summed E-state index contributed by atoms with van der Waals surface area (Å²) < 4.78 is 0. The molecule has 0 fully saturated rings. The van der Waals surface area contributed by atoms with Crippen LogP contribution in [0.25, 0.3) is 0 Å². The summed E-state index contributed by atoms with van der Waals surface area (Å²) in [4.78, 5) is 13.4. The van der Waals surface area contributed by atoms with Gasteiger partial charge in [-0.3, -0.25) is 4.79 Å². The maximum Gasteiger partial charge on any atom is 0.224 e. The number of para-hydroxylation sites is 1. The lowest BCUT2D eigenvalue weighted by Gasteiger charge is -2.21. The molecule has 2 heteroatoms. The zero-order chi connectivity index (χ0) is 12.1. The first kappa shape index (κ1) is 11.4. The molecule has 1 amide bonds. The molecule has 2 aromatic rings. The van der Waals surface area contributed by atoms with Gasteiger partial charge in [0.05, 0.1) is 6.54 Å². The smallest absolute Gasteiger partial charge is 0.224 e. The highest BCUT2D eigenvalue weighted by Crippen LogP contribution is 2.16. The topological polar surface area (TPSA) is 20.3 Å². The van der Waals surface area contributed by atoms with E-state index in [0.717, 1.165) is 11.3 Å². The van der Waals surface area contributed by atoms with Gasteiger partial charge in [-0.05, 0) is 17.7 Å². The van der Waals surface area contributed by atoms with Crippen LogP contribution in [-0.4, -0.2) is 5.91 Å². The zero-order valence-electron chi connectivity index (χ0n) is 9.84. The molecule has 0 heterocycles. The van der Waals surface area contributed by atoms with E-state index in [1.807, 2.05) is 60.7 Å². The largest absolute Gasteiger partial charge is 0.308 e. The molecule has 0 unspecified atom stereocenters. The SMILES string of the molecule is CC(=O)N(Cc1ccccc1)c1ccccc1. The molecule has 0 saturated heterocycles. The number of benzene rings is 2. The van der Waals surface area contributed by atoms with Crippen molar-refractivity contribution < 1.29 is 4.79 Å². The van der Waals surface area contributed by atoms with E-state index in [-0.39, 0.29) is 5.91 Å². The van der Waals surface area contributed by atoms with Gasteiger partial charge in [0.1, 0.15) is 0 Å². The maximum atomic E-state index is 11.7. The lowest BCUT2D eigenvalue weighted by Crippen LogP contribution is -2.27. The predicted molar refractivity (Wildman–Crippen MR) is 69.7 cm³/mol. The molecule has 2 aromatic carbocycles. The van der Waals surface area contributed by atoms with E-state index >= 15 is 0 Å². The molecule has 0 aliphatic carbocycles. The van der Waals surface area contributed by atoms with Crippen molar-refractivity contribution in [3.8, 4) is 0 Å². The van der Waals surface area contributed by atoms with Crippen LogP contribution in [-0.2, 0) is 11.3 Å². The van der Waals surface area contributed by atoms with E-state index in [2.05, 4.69) is 0 Å². The first-order valence-electron chi connectivity index (χ1n) is 5.64. The number of rotatable bonds is 3. The van der Waals surface area contributed by atoms with Gasteiger partial charge in [0.2, 0.25) is 5.91 Å². The van der Waals surface area contributed by atoms with Gasteiger partial charge in [-0.25, -0.2) is 0 Å². The molecule has 17 heavy (non-hydrogen) atoms. The van der Waals surface area contributed by atoms with Crippen LogP contribution in [0.4, 0.5) is 5.69 Å². The summed E-state index contributed by atoms with van der Waals surface area (Å²) in [5.41, 5.74) is 2.07. The Morgan fingerprint density at radius 2 is 1.47 bits per heavy atom. The molecule has 0 spiro atoms. The molecule has 0 N–H and O–H groups in total. The Kier molecular flexibility index (Phi) is 3.55. The molecule has 0 aliphatic rings. The zero-order valence-corrected chi connectivity index (χ0v) is 9.84. The molecule has 0 atom stereocenters. The van der Waals surface area contributed by atoms with E-state index in [9.17, 15) is 4.79 Å². The number of nitrogens with zero attached hydrogens (tertiary/aromatic N) is 1. The first-order valence-corrected chi connectivity index (χ1v) is 5.64. The minimum atomic E-state index is 0.0556. The number of amides is 1. The van der Waals surface area contributed by atoms with Crippen molar-refractivity contribution in [3.63, 3.8) is 0 Å². The normalized spacial score (nSPS) is 9.94. The van der Waals surface area contributed by atoms with E-state index in [1.54, 1.807) is 11.8 Å². The van der Waals surface area contributed by atoms with Crippen molar-refractivity contribution in [3.05, 3.63) is 66.2 Å². The minimum absolute atomic E-state index is 0.0556. The Hall–Kier alpha value is -2.09. The molecule has 0 saturated carbocycles. The van der Waals surface area contributed by atoms with E-state index in [1.165, 1.54) is 0 Å². The summed E-state index contributed by atoms with van der Waals surface area (Å²) in [5, 5.41) is 0. The van der Waals surface area contributed by atoms with Crippen molar-refractivity contribution in [1.82, 2.24) is 0 Å². The maximum absolute atomic E-state index is 11.7. The molecule has 2 rings (SSSR count). The van der Waals surface area contributed by atoms with Crippen LogP contribution in [0.5, 0.6) is 0 Å². The van der Waals surface area contributed by atoms with Gasteiger partial charge in [0.25, 0.3) is 0 Å². The van der Waals surface area contributed by atoms with Crippen molar-refractivity contribution in [2.24, 2.45) is 0 Å². The van der Waals surface area contributed by atoms with Crippen molar-refractivity contribution in [2.75, 3.05) is 4.90 Å². The quantitative estimate of drug-likeness (QED) is 0.785. The lowest BCUT2D eigenvalue weighted by molar-refractivity contribution is -0.116. The van der Waals surface area contributed by atoms with Crippen LogP contribution in [0.1, 0.15) is 12.5 Å². The summed E-state index contributed by atoms with van der Waals surface area (Å²) in [5.74, 6) is 0.0556. The molecule has 0 bridgehead atoms. The molecule has 0 radical (unpaired) electrons. The third-order valence-corrected chi connectivity index (χ3v) is 2.63. The fourth-order valence-electron chi connectivity index (χ4n) is 1.76. The minimum Gasteiger partial charge on any atom is -0.308 e. The van der Waals surface area contributed by atoms with E-state index in [4.69, 9.17) is 0 Å². The van der Waals surface area contributed by atoms with Crippen LogP contribution < -0.4 is 4.90 Å². The second-order valence-corrected chi connectivity index (χ2v) is 3.93. The average Bonchev–Trinajstić information content (AvgIpc) is 2.38. The average molecular weight is 225 g/mol. The summed E-state index contributed by atoms with van der Waals surface area (Å²) in [6.07, 6.45) is 0. The van der Waals surface area contributed by atoms with E-state index < -0.39 is 0 Å². The number of carbonyl (C=O) groups excluding carboxylic acids is 1. The monoisotopic (exact) mass is 225 g/mol. The van der Waals surface area contributed by atoms with Gasteiger partial charge >= 0.3 is 0 Å². The first-order chi connectivity index (χ1) is 8.27. The lowest BCUT2D eigenvalue weighted by atomic mass is 10.2. The Labute approximate surface area is 102 Å². The van der Waals surface area contributed by atoms with Gasteiger partial charge in [0, 0.05) is 12.6 Å². The van der Waals surface area contributed by atoms with Crippen LogP contribution in [0.2, 0.25) is 0 Å². The van der Waals surface area contributed by atoms with Gasteiger partial charge < -0.3 is 4.90 Å². The Balaban J connectivity index is 2.23. The molecular weight excluding hydrogens is 210 g/mol. The standard InChI is InChI=1S/C15H15NO/c1-13(17)16(15-10-6-3-7-11-15)12-14-8-4-2-5-9-14/h2-11H,12H2,1H3. The van der Waals surface area contributed by atoms with Gasteiger partial charge in [-0.15, -0.1) is 0 Å². The second kappa shape index (κ2) is 5.30. The Morgan fingerprint density at radius 3 is 2.00 bits per heavy atom. The molecular formula is C15H15NO. The van der Waals surface area contributed by atoms with E-state index in [0.29, 0.717) is 6.54 Å². The Bertz CT molecular complexity index is 479. The third-order valence-electron chi connectivity index (χ3n) is 2.63. The molecule has 0 aromatic heterocycles. The van der Waals surface area contributed by atoms with Crippen LogP contribution in [0.15, 0.2) is 60.7 Å². The number of hydrogen-bond donors (Lipinski definition) is 0. The fraction of sp³-hybridized carbons (Fsp3) is 0.133. The summed E-state index contributed by atoms with van der Waals surface area (Å²) in [6, 6.07) is 19.7. The molecule has 2 nitrogen and oxygen atoms in total. The predicted octanol–water partition coefficient (Wildman–Crippen LogP) is 3.24. The van der Waals surface area contributed by atoms with Gasteiger partial charge in [-0.1, -0.05) is 48.5 Å². The summed E-state index contributed by atoms with van der Waals surface area (Å²) in [6.45, 7) is 2.20. The van der Waals surface area contributed by atoms with Crippen LogP contribution in [0.3, 0.4) is 0 Å². The third kappa shape index (κ3) is 2.94. The van der Waals surface area contributed by atoms with Crippen molar-refractivity contribution >= 4 is 11.6 Å². The number of anilines is 1. The fourth-order valence-corrected chi connectivity index (χ4v) is 1.76. The van der Waals surface area contributed by atoms with Crippen molar-refractivity contribution in [2.45, 2.75) is 13.5 Å². The molecule has 86 valence electrons. The van der Waals surface area contributed by atoms with Crippen LogP contribution >= 0.6 is 0 Å². The second-order valence-electron chi connectivity index (χ2n) is 3.93. The van der Waals surface area contributed by atoms with Gasteiger partial charge in [0.15, 0.2) is 0 Å². The highest BCUT2D eigenvalue weighted by atomic mass is 16.2. The highest BCUT2D eigenvalue weighted by molar-refractivity contribution is 5.91. The summed E-state index contributed by atoms with van der Waals surface area (Å²) >= 11 is 0. The van der Waals surface area contributed by atoms with Gasteiger partial charge in [-0.2, -0.15) is 0 Å². The molecule has 0 aliphatic heterocycles. The van der Waals surface area contributed by atoms with Crippen molar-refractivity contribution in [1.29, 1.82) is 0 Å². The van der Waals surface area contributed by atoms with Crippen LogP contribution in [0, 0.1) is 0 Å². The number of hydrogen-bond acceptors (Lipinski definition) is 1. The number of carbonyl (C=O) groups is 1.